The van der Waals surface area contributed by atoms with E-state index in [2.05, 4.69) is 0 Å². The SMILES string of the molecule is FC(F)=C(F)OC(F)(F)C(F)(F)OC(F)(F)OC(F)(F)F. The summed E-state index contributed by atoms with van der Waals surface area (Å²) in [7, 11) is 0. The van der Waals surface area contributed by atoms with E-state index in [-0.39, 0.29) is 0 Å². The molecule has 0 rings (SSSR count). The number of rotatable bonds is 6. The Morgan fingerprint density at radius 1 is 0.619 bits per heavy atom. The number of hydrogen-bond acceptors (Lipinski definition) is 3. The first kappa shape index (κ1) is 19.6. The third-order valence-electron chi connectivity index (χ3n) is 1.19. The van der Waals surface area contributed by atoms with Gasteiger partial charge < -0.3 is 4.74 Å². The first-order valence-corrected chi connectivity index (χ1v) is 3.99. The Morgan fingerprint density at radius 2 is 1.05 bits per heavy atom. The third-order valence-corrected chi connectivity index (χ3v) is 1.19. The molecule has 0 bridgehead atoms. The van der Waals surface area contributed by atoms with Crippen LogP contribution in [-0.4, -0.2) is 24.9 Å². The predicted octanol–water partition coefficient (Wildman–Crippen LogP) is 4.33. The largest absolute Gasteiger partial charge is 0.529 e. The first-order chi connectivity index (χ1) is 8.99. The highest BCUT2D eigenvalue weighted by molar-refractivity contribution is 4.84. The van der Waals surface area contributed by atoms with Gasteiger partial charge in [-0.25, -0.2) is 4.74 Å². The maximum Gasteiger partial charge on any atom is 0.529 e. The molecular weight excluding hydrogens is 348 g/mol. The minimum absolute atomic E-state index is 1.63. The van der Waals surface area contributed by atoms with Crippen LogP contribution in [0.15, 0.2) is 12.1 Å². The van der Waals surface area contributed by atoms with Crippen molar-refractivity contribution in [2.24, 2.45) is 0 Å². The van der Waals surface area contributed by atoms with Crippen LogP contribution in [0.3, 0.4) is 0 Å². The van der Waals surface area contributed by atoms with Crippen LogP contribution in [0.5, 0.6) is 0 Å². The van der Waals surface area contributed by atoms with Crippen molar-refractivity contribution in [3.63, 3.8) is 0 Å². The first-order valence-electron chi connectivity index (χ1n) is 3.99. The van der Waals surface area contributed by atoms with E-state index in [4.69, 9.17) is 0 Å². The molecule has 0 aromatic heterocycles. The molecule has 0 aliphatic heterocycles. The Hall–Kier alpha value is -1.38. The van der Waals surface area contributed by atoms with Gasteiger partial charge in [-0.1, -0.05) is 0 Å². The maximum atomic E-state index is 12.4. The predicted molar refractivity (Wildman–Crippen MR) is 34.5 cm³/mol. The van der Waals surface area contributed by atoms with Crippen molar-refractivity contribution in [1.29, 1.82) is 0 Å². The minimum Gasteiger partial charge on any atom is -0.396 e. The van der Waals surface area contributed by atoms with Crippen molar-refractivity contribution in [3.05, 3.63) is 12.1 Å². The highest BCUT2D eigenvalue weighted by atomic mass is 19.4. The van der Waals surface area contributed by atoms with Crippen molar-refractivity contribution < 1.29 is 66.9 Å². The van der Waals surface area contributed by atoms with Crippen molar-refractivity contribution >= 4 is 0 Å². The van der Waals surface area contributed by atoms with Crippen molar-refractivity contribution in [2.75, 3.05) is 0 Å². The second kappa shape index (κ2) is 5.78. The van der Waals surface area contributed by atoms with Crippen LogP contribution in [0.2, 0.25) is 0 Å². The van der Waals surface area contributed by atoms with E-state index >= 15 is 0 Å². The zero-order valence-electron chi connectivity index (χ0n) is 8.76. The minimum atomic E-state index is -6.67. The summed E-state index contributed by atoms with van der Waals surface area (Å²) < 4.78 is 148. The lowest BCUT2D eigenvalue weighted by atomic mass is 10.5. The van der Waals surface area contributed by atoms with Gasteiger partial charge in [-0.05, 0) is 0 Å². The fourth-order valence-corrected chi connectivity index (χ4v) is 0.575. The summed E-state index contributed by atoms with van der Waals surface area (Å²) in [6.07, 6.45) is -29.5. The van der Waals surface area contributed by atoms with E-state index in [1.165, 1.54) is 0 Å². The molecule has 0 saturated carbocycles. The highest BCUT2D eigenvalue weighted by Crippen LogP contribution is 2.43. The molecule has 0 spiro atoms. The standard InChI is InChI=1S/C6F12O3/c7-1(8)2(9)19-3(10,11)4(12,13)20-6(17,18)21-5(14,15)16. The van der Waals surface area contributed by atoms with Gasteiger partial charge in [0, 0.05) is 0 Å². The molecule has 15 heteroatoms. The highest BCUT2D eigenvalue weighted by Gasteiger charge is 2.68. The van der Waals surface area contributed by atoms with E-state index < -0.39 is 37.0 Å². The third kappa shape index (κ3) is 6.28. The number of hydrogen-bond donors (Lipinski definition) is 0. The molecule has 0 amide bonds. The van der Waals surface area contributed by atoms with Gasteiger partial charge in [0.05, 0.1) is 0 Å². The molecule has 0 saturated heterocycles. The summed E-state index contributed by atoms with van der Waals surface area (Å²) in [5, 5.41) is 0. The van der Waals surface area contributed by atoms with Gasteiger partial charge in [0.25, 0.3) is 0 Å². The quantitative estimate of drug-likeness (QED) is 0.406. The normalized spacial score (nSPS) is 14.1. The fraction of sp³-hybridized carbons (Fsp3) is 0.667. The van der Waals surface area contributed by atoms with Crippen LogP contribution >= 0.6 is 0 Å². The molecule has 0 aliphatic rings. The number of halogens is 12. The molecule has 0 atom stereocenters. The molecule has 0 fully saturated rings. The Bertz CT molecular complexity index is 394. The maximum absolute atomic E-state index is 12.4. The average molecular weight is 348 g/mol. The van der Waals surface area contributed by atoms with Gasteiger partial charge in [-0.3, -0.25) is 0 Å². The zero-order chi connectivity index (χ0) is 17.3. The molecule has 3 nitrogen and oxygen atoms in total. The van der Waals surface area contributed by atoms with E-state index in [0.717, 1.165) is 0 Å². The van der Waals surface area contributed by atoms with Gasteiger partial charge >= 0.3 is 37.0 Å². The van der Waals surface area contributed by atoms with Crippen LogP contribution in [-0.2, 0) is 14.2 Å². The molecule has 0 radical (unpaired) electrons. The van der Waals surface area contributed by atoms with Crippen molar-refractivity contribution in [3.8, 4) is 0 Å². The van der Waals surface area contributed by atoms with Gasteiger partial charge in [0.1, 0.15) is 0 Å². The van der Waals surface area contributed by atoms with Crippen LogP contribution in [0, 0.1) is 0 Å². The summed E-state index contributed by atoms with van der Waals surface area (Å²) in [4.78, 5) is 0. The molecule has 0 aromatic rings. The van der Waals surface area contributed by atoms with Crippen molar-refractivity contribution in [2.45, 2.75) is 24.9 Å². The van der Waals surface area contributed by atoms with E-state index in [1.54, 1.807) is 9.47 Å². The van der Waals surface area contributed by atoms with Crippen LogP contribution in [0.25, 0.3) is 0 Å². The van der Waals surface area contributed by atoms with E-state index in [1.807, 2.05) is 4.74 Å². The molecule has 21 heavy (non-hydrogen) atoms. The van der Waals surface area contributed by atoms with Gasteiger partial charge in [0.15, 0.2) is 0 Å². The Labute approximate surface area is 105 Å². The van der Waals surface area contributed by atoms with Crippen LogP contribution in [0.1, 0.15) is 0 Å². The van der Waals surface area contributed by atoms with E-state index in [9.17, 15) is 52.7 Å². The average Bonchev–Trinajstić information content (AvgIpc) is 2.09. The Kier molecular flexibility index (Phi) is 5.40. The molecule has 0 aliphatic carbocycles. The monoisotopic (exact) mass is 348 g/mol. The van der Waals surface area contributed by atoms with Gasteiger partial charge in [0.2, 0.25) is 0 Å². The summed E-state index contributed by atoms with van der Waals surface area (Å²) in [6, 6.07) is -3.59. The Balaban J connectivity index is 5.15. The van der Waals surface area contributed by atoms with Crippen molar-refractivity contribution in [1.82, 2.24) is 0 Å². The topological polar surface area (TPSA) is 27.7 Å². The van der Waals surface area contributed by atoms with Gasteiger partial charge in [-0.2, -0.15) is 35.5 Å². The second-order valence-corrected chi connectivity index (χ2v) is 2.78. The summed E-state index contributed by atoms with van der Waals surface area (Å²) in [5.74, 6) is 0. The summed E-state index contributed by atoms with van der Waals surface area (Å²) in [5.41, 5.74) is 0. The van der Waals surface area contributed by atoms with Gasteiger partial charge in [-0.15, -0.1) is 22.0 Å². The lowest BCUT2D eigenvalue weighted by Gasteiger charge is -2.27. The number of alkyl halides is 9. The molecule has 0 N–H and O–H groups in total. The lowest BCUT2D eigenvalue weighted by Crippen LogP contribution is -2.50. The van der Waals surface area contributed by atoms with Crippen LogP contribution in [0.4, 0.5) is 52.7 Å². The van der Waals surface area contributed by atoms with E-state index in [0.29, 0.717) is 0 Å². The summed E-state index contributed by atoms with van der Waals surface area (Å²) >= 11 is 0. The number of ether oxygens (including phenoxy) is 3. The molecule has 0 heterocycles. The fourth-order valence-electron chi connectivity index (χ4n) is 0.575. The second-order valence-electron chi connectivity index (χ2n) is 2.78. The molecule has 0 unspecified atom stereocenters. The van der Waals surface area contributed by atoms with Crippen LogP contribution < -0.4 is 0 Å². The lowest BCUT2D eigenvalue weighted by molar-refractivity contribution is -0.564. The molecule has 0 aromatic carbocycles. The zero-order valence-corrected chi connectivity index (χ0v) is 8.76. The smallest absolute Gasteiger partial charge is 0.396 e. The Morgan fingerprint density at radius 3 is 1.38 bits per heavy atom. The summed E-state index contributed by atoms with van der Waals surface area (Å²) in [6.45, 7) is 0. The molecule has 126 valence electrons. The molecular formula is C6F12O3.